The van der Waals surface area contributed by atoms with Crippen molar-refractivity contribution in [2.45, 2.75) is 38.9 Å². The molecular formula is C21H27N5O2. The number of rotatable bonds is 6. The maximum Gasteiger partial charge on any atom is 0.234 e. The minimum Gasteiger partial charge on any atom is -0.496 e. The summed E-state index contributed by atoms with van der Waals surface area (Å²) in [5, 5.41) is 3.03. The van der Waals surface area contributed by atoms with Crippen LogP contribution in [-0.4, -0.2) is 59.6 Å². The average molecular weight is 381 g/mol. The zero-order chi connectivity index (χ0) is 19.7. The molecule has 2 unspecified atom stereocenters. The maximum absolute atomic E-state index is 12.5. The molecule has 5 rings (SSSR count). The summed E-state index contributed by atoms with van der Waals surface area (Å²) in [4.78, 5) is 26.0. The number of para-hydroxylation sites is 1. The highest BCUT2D eigenvalue weighted by Crippen LogP contribution is 2.33. The van der Waals surface area contributed by atoms with Crippen molar-refractivity contribution in [1.29, 1.82) is 0 Å². The zero-order valence-electron chi connectivity index (χ0n) is 16.7. The van der Waals surface area contributed by atoms with Gasteiger partial charge in [-0.15, -0.1) is 0 Å². The van der Waals surface area contributed by atoms with Crippen molar-refractivity contribution in [2.75, 3.05) is 31.6 Å². The number of nitrogens with one attached hydrogen (secondary N) is 1. The first-order chi connectivity index (χ1) is 13.5. The highest BCUT2D eigenvalue weighted by Gasteiger charge is 2.45. The number of carbonyl (C=O) groups is 1. The predicted molar refractivity (Wildman–Crippen MR) is 107 cm³/mol. The Morgan fingerprint density at radius 2 is 1.96 bits per heavy atom. The number of hydrogen-bond donors (Lipinski definition) is 1. The Kier molecular flexibility index (Phi) is 5.17. The maximum atomic E-state index is 12.5. The van der Waals surface area contributed by atoms with Crippen molar-refractivity contribution in [2.24, 2.45) is 0 Å². The summed E-state index contributed by atoms with van der Waals surface area (Å²) in [5.41, 5.74) is 1.98. The second kappa shape index (κ2) is 7.75. The summed E-state index contributed by atoms with van der Waals surface area (Å²) in [6.07, 6.45) is 1.15. The van der Waals surface area contributed by atoms with Gasteiger partial charge in [-0.1, -0.05) is 18.2 Å². The molecule has 3 aliphatic rings. The molecule has 3 fully saturated rings. The molecule has 0 saturated carbocycles. The number of hydrogen-bond acceptors (Lipinski definition) is 6. The largest absolute Gasteiger partial charge is 0.496 e. The van der Waals surface area contributed by atoms with Crippen LogP contribution in [0.25, 0.3) is 0 Å². The van der Waals surface area contributed by atoms with Crippen LogP contribution in [0.5, 0.6) is 5.75 Å². The normalized spacial score (nSPS) is 21.2. The Morgan fingerprint density at radius 1 is 1.21 bits per heavy atom. The van der Waals surface area contributed by atoms with Crippen LogP contribution in [0, 0.1) is 13.8 Å². The molecule has 2 bridgehead atoms. The van der Waals surface area contributed by atoms with E-state index in [4.69, 9.17) is 4.74 Å². The summed E-state index contributed by atoms with van der Waals surface area (Å²) in [6.45, 7) is 6.68. The van der Waals surface area contributed by atoms with Gasteiger partial charge in [0, 0.05) is 49.0 Å². The molecule has 7 heteroatoms. The molecule has 1 amide bonds. The van der Waals surface area contributed by atoms with E-state index in [1.807, 2.05) is 44.2 Å². The molecule has 2 atom stereocenters. The van der Waals surface area contributed by atoms with Crippen LogP contribution in [0.2, 0.25) is 0 Å². The van der Waals surface area contributed by atoms with E-state index in [1.54, 1.807) is 7.11 Å². The molecule has 1 aromatic heterocycles. The van der Waals surface area contributed by atoms with Gasteiger partial charge < -0.3 is 15.0 Å². The number of nitrogens with zero attached hydrogens (tertiary/aromatic N) is 4. The lowest BCUT2D eigenvalue weighted by molar-refractivity contribution is -0.127. The number of ether oxygens (including phenoxy) is 1. The Bertz CT molecular complexity index is 839. The van der Waals surface area contributed by atoms with E-state index in [-0.39, 0.29) is 5.91 Å². The van der Waals surface area contributed by atoms with Gasteiger partial charge >= 0.3 is 0 Å². The van der Waals surface area contributed by atoms with Gasteiger partial charge in [-0.3, -0.25) is 9.69 Å². The molecule has 0 aliphatic carbocycles. The Morgan fingerprint density at radius 3 is 2.68 bits per heavy atom. The third-order valence-electron chi connectivity index (χ3n) is 5.62. The quantitative estimate of drug-likeness (QED) is 0.821. The molecule has 7 nitrogen and oxygen atoms in total. The van der Waals surface area contributed by atoms with Gasteiger partial charge in [0.25, 0.3) is 0 Å². The average Bonchev–Trinajstić information content (AvgIpc) is 2.70. The first-order valence-electron chi connectivity index (χ1n) is 9.75. The fourth-order valence-corrected chi connectivity index (χ4v) is 4.26. The first kappa shape index (κ1) is 18.7. The molecule has 1 aromatic carbocycles. The summed E-state index contributed by atoms with van der Waals surface area (Å²) >= 11 is 0. The molecule has 3 aliphatic heterocycles. The summed E-state index contributed by atoms with van der Waals surface area (Å²) in [6, 6.07) is 10.6. The highest BCUT2D eigenvalue weighted by molar-refractivity contribution is 5.78. The molecule has 3 saturated heterocycles. The number of methoxy groups -OCH3 is 1. The SMILES string of the molecule is COc1ccccc1CNC(=O)CN1C2CC1CN(c1cc(C)nc(C)n1)C2. The van der Waals surface area contributed by atoms with E-state index >= 15 is 0 Å². The third kappa shape index (κ3) is 3.80. The number of aromatic nitrogens is 2. The van der Waals surface area contributed by atoms with Crippen molar-refractivity contribution in [3.63, 3.8) is 0 Å². The molecular weight excluding hydrogens is 354 g/mol. The van der Waals surface area contributed by atoms with E-state index < -0.39 is 0 Å². The fraction of sp³-hybridized carbons (Fsp3) is 0.476. The zero-order valence-corrected chi connectivity index (χ0v) is 16.7. The monoisotopic (exact) mass is 381 g/mol. The third-order valence-corrected chi connectivity index (χ3v) is 5.62. The number of piperazine rings is 1. The van der Waals surface area contributed by atoms with E-state index in [2.05, 4.69) is 25.1 Å². The Balaban J connectivity index is 1.31. The van der Waals surface area contributed by atoms with Gasteiger partial charge in [0.05, 0.1) is 13.7 Å². The molecule has 4 heterocycles. The number of carbonyl (C=O) groups excluding carboxylic acids is 1. The van der Waals surface area contributed by atoms with E-state index in [1.165, 1.54) is 0 Å². The lowest BCUT2D eigenvalue weighted by atomic mass is 9.87. The lowest BCUT2D eigenvalue weighted by Gasteiger charge is -2.56. The lowest BCUT2D eigenvalue weighted by Crippen LogP contribution is -2.70. The standard InChI is InChI=1S/C21H27N5O2/c1-14-8-20(24-15(2)23-14)25-11-17-9-18(12-25)26(17)13-21(27)22-10-16-6-4-5-7-19(16)28-3/h4-8,17-18H,9-13H2,1-3H3,(H,22,27). The van der Waals surface area contributed by atoms with E-state index in [9.17, 15) is 4.79 Å². The van der Waals surface area contributed by atoms with E-state index in [0.717, 1.165) is 48.2 Å². The van der Waals surface area contributed by atoms with Gasteiger partial charge in [0.15, 0.2) is 0 Å². The van der Waals surface area contributed by atoms with Crippen LogP contribution in [0.1, 0.15) is 23.5 Å². The number of amides is 1. The van der Waals surface area contributed by atoms with Crippen LogP contribution in [-0.2, 0) is 11.3 Å². The topological polar surface area (TPSA) is 70.6 Å². The molecule has 0 spiro atoms. The van der Waals surface area contributed by atoms with Crippen LogP contribution in [0.3, 0.4) is 0 Å². The van der Waals surface area contributed by atoms with Crippen molar-refractivity contribution in [1.82, 2.24) is 20.2 Å². The minimum atomic E-state index is 0.0581. The first-order valence-corrected chi connectivity index (χ1v) is 9.75. The molecule has 2 aromatic rings. The smallest absolute Gasteiger partial charge is 0.234 e. The molecule has 0 radical (unpaired) electrons. The molecule has 28 heavy (non-hydrogen) atoms. The number of piperidine rings is 1. The summed E-state index contributed by atoms with van der Waals surface area (Å²) in [5.74, 6) is 2.67. The summed E-state index contributed by atoms with van der Waals surface area (Å²) in [7, 11) is 1.65. The van der Waals surface area contributed by atoms with Gasteiger partial charge in [-0.2, -0.15) is 0 Å². The van der Waals surface area contributed by atoms with Gasteiger partial charge in [0.2, 0.25) is 5.91 Å². The molecule has 148 valence electrons. The van der Waals surface area contributed by atoms with Crippen LogP contribution in [0.15, 0.2) is 30.3 Å². The second-order valence-corrected chi connectivity index (χ2v) is 7.62. The van der Waals surface area contributed by atoms with Gasteiger partial charge in [-0.25, -0.2) is 9.97 Å². The number of aryl methyl sites for hydroxylation is 2. The summed E-state index contributed by atoms with van der Waals surface area (Å²) < 4.78 is 5.34. The minimum absolute atomic E-state index is 0.0581. The van der Waals surface area contributed by atoms with Crippen LogP contribution >= 0.6 is 0 Å². The fourth-order valence-electron chi connectivity index (χ4n) is 4.26. The van der Waals surface area contributed by atoms with Crippen LogP contribution in [0.4, 0.5) is 5.82 Å². The van der Waals surface area contributed by atoms with Crippen molar-refractivity contribution in [3.8, 4) is 5.75 Å². The van der Waals surface area contributed by atoms with Gasteiger partial charge in [-0.05, 0) is 26.3 Å². The van der Waals surface area contributed by atoms with Crippen molar-refractivity contribution < 1.29 is 9.53 Å². The predicted octanol–water partition coefficient (Wildman–Crippen LogP) is 1.68. The number of anilines is 1. The van der Waals surface area contributed by atoms with Crippen LogP contribution < -0.4 is 15.0 Å². The van der Waals surface area contributed by atoms with Gasteiger partial charge in [0.1, 0.15) is 17.4 Å². The highest BCUT2D eigenvalue weighted by atomic mass is 16.5. The van der Waals surface area contributed by atoms with Crippen molar-refractivity contribution >= 4 is 11.7 Å². The number of fused-ring (bicyclic) bond motifs is 2. The number of benzene rings is 1. The second-order valence-electron chi connectivity index (χ2n) is 7.62. The molecule has 1 N–H and O–H groups in total. The van der Waals surface area contributed by atoms with Crippen molar-refractivity contribution in [3.05, 3.63) is 47.4 Å². The Labute approximate surface area is 165 Å². The Hall–Kier alpha value is -2.67. The van der Waals surface area contributed by atoms with E-state index in [0.29, 0.717) is 25.2 Å².